The van der Waals surface area contributed by atoms with Crippen molar-refractivity contribution in [3.05, 3.63) is 45.7 Å². The Labute approximate surface area is 174 Å². The summed E-state index contributed by atoms with van der Waals surface area (Å²) in [7, 11) is 0. The van der Waals surface area contributed by atoms with E-state index in [9.17, 15) is 13.6 Å². The number of hydrogen-bond acceptors (Lipinski definition) is 6. The predicted octanol–water partition coefficient (Wildman–Crippen LogP) is 4.20. The molecule has 0 bridgehead atoms. The number of carbonyl (C=O) groups is 1. The molecule has 1 aromatic heterocycles. The molecule has 0 aliphatic carbocycles. The fraction of sp³-hybridized carbons (Fsp3) is 0.368. The van der Waals surface area contributed by atoms with E-state index in [-0.39, 0.29) is 63.7 Å². The molecule has 0 atom stereocenters. The zero-order valence-corrected chi connectivity index (χ0v) is 16.4. The second-order valence-corrected chi connectivity index (χ2v) is 7.72. The van der Waals surface area contributed by atoms with E-state index in [0.29, 0.717) is 18.8 Å². The molecule has 2 aromatic rings. The van der Waals surface area contributed by atoms with E-state index in [2.05, 4.69) is 9.72 Å². The quantitative estimate of drug-likeness (QED) is 0.642. The lowest BCUT2D eigenvalue weighted by Crippen LogP contribution is -2.50. The molecule has 2 aliphatic heterocycles. The van der Waals surface area contributed by atoms with Gasteiger partial charge in [0.05, 0.1) is 34.2 Å². The van der Waals surface area contributed by atoms with Crippen LogP contribution in [0.4, 0.5) is 8.78 Å². The molecule has 6 nitrogen and oxygen atoms in total. The highest BCUT2D eigenvalue weighted by atomic mass is 35.5. The molecule has 0 saturated carbocycles. The van der Waals surface area contributed by atoms with E-state index in [0.717, 1.165) is 0 Å². The molecule has 4 rings (SSSR count). The lowest BCUT2D eigenvalue weighted by atomic mass is 9.88. The van der Waals surface area contributed by atoms with Gasteiger partial charge >= 0.3 is 6.61 Å². The molecule has 29 heavy (non-hydrogen) atoms. The van der Waals surface area contributed by atoms with Gasteiger partial charge in [0.2, 0.25) is 5.75 Å². The van der Waals surface area contributed by atoms with Crippen molar-refractivity contribution in [3.63, 3.8) is 0 Å². The van der Waals surface area contributed by atoms with Crippen LogP contribution in [-0.2, 0) is 11.2 Å². The Kier molecular flexibility index (Phi) is 5.50. The molecule has 1 fully saturated rings. The van der Waals surface area contributed by atoms with E-state index in [1.54, 1.807) is 0 Å². The summed E-state index contributed by atoms with van der Waals surface area (Å²) in [5.41, 5.74) is 0.205. The van der Waals surface area contributed by atoms with Crippen LogP contribution in [-0.4, -0.2) is 43.8 Å². The lowest BCUT2D eigenvalue weighted by Gasteiger charge is -2.38. The van der Waals surface area contributed by atoms with Crippen molar-refractivity contribution < 1.29 is 32.5 Å². The van der Waals surface area contributed by atoms with Gasteiger partial charge in [0.25, 0.3) is 0 Å². The van der Waals surface area contributed by atoms with Crippen LogP contribution in [0, 0.1) is 5.41 Å². The zero-order chi connectivity index (χ0) is 20.6. The molecule has 0 unspecified atom stereocenters. The number of rotatable bonds is 5. The number of ketones is 1. The van der Waals surface area contributed by atoms with Crippen LogP contribution in [0.2, 0.25) is 10.0 Å². The van der Waals surface area contributed by atoms with Gasteiger partial charge in [-0.05, 0) is 6.07 Å². The van der Waals surface area contributed by atoms with E-state index in [4.69, 9.17) is 37.4 Å². The topological polar surface area (TPSA) is 66.9 Å². The van der Waals surface area contributed by atoms with Crippen LogP contribution in [0.15, 0.2) is 24.5 Å². The molecule has 10 heteroatoms. The van der Waals surface area contributed by atoms with Crippen LogP contribution < -0.4 is 14.2 Å². The van der Waals surface area contributed by atoms with Gasteiger partial charge in [-0.25, -0.2) is 0 Å². The number of halogens is 4. The van der Waals surface area contributed by atoms with Crippen LogP contribution in [0.3, 0.4) is 0 Å². The Morgan fingerprint density at radius 1 is 1.10 bits per heavy atom. The van der Waals surface area contributed by atoms with Gasteiger partial charge in [-0.1, -0.05) is 29.3 Å². The summed E-state index contributed by atoms with van der Waals surface area (Å²) in [5, 5.41) is 0.239. The number of alkyl halides is 2. The summed E-state index contributed by atoms with van der Waals surface area (Å²) in [5.74, 6) is -0.321. The van der Waals surface area contributed by atoms with Gasteiger partial charge in [-0.3, -0.25) is 9.78 Å². The van der Waals surface area contributed by atoms with Crippen molar-refractivity contribution in [1.29, 1.82) is 0 Å². The normalized spacial score (nSPS) is 17.0. The lowest BCUT2D eigenvalue weighted by molar-refractivity contribution is -0.143. The molecule has 2 aliphatic rings. The average Bonchev–Trinajstić information content (AvgIpc) is 2.84. The Morgan fingerprint density at radius 2 is 1.76 bits per heavy atom. The molecular weight excluding hydrogens is 431 g/mol. The highest BCUT2D eigenvalue weighted by molar-refractivity contribution is 6.39. The van der Waals surface area contributed by atoms with Gasteiger partial charge in [0, 0.05) is 24.4 Å². The van der Waals surface area contributed by atoms with E-state index < -0.39 is 6.61 Å². The number of carbonyl (C=O) groups excluding carboxylic acids is 1. The molecule has 0 amide bonds. The third-order valence-electron chi connectivity index (χ3n) is 4.72. The minimum Gasteiger partial charge on any atom is -0.488 e. The van der Waals surface area contributed by atoms with Crippen molar-refractivity contribution in [3.8, 4) is 17.2 Å². The summed E-state index contributed by atoms with van der Waals surface area (Å²) in [4.78, 5) is 16.6. The third-order valence-corrected chi connectivity index (χ3v) is 5.29. The highest BCUT2D eigenvalue weighted by Gasteiger charge is 2.43. The second kappa shape index (κ2) is 7.93. The Hall–Kier alpha value is -2.16. The number of aromatic nitrogens is 1. The van der Waals surface area contributed by atoms with Crippen molar-refractivity contribution in [2.75, 3.05) is 26.4 Å². The first-order chi connectivity index (χ1) is 13.9. The first kappa shape index (κ1) is 20.1. The molecule has 0 radical (unpaired) electrons. The number of fused-ring (bicyclic) bond motifs is 1. The smallest absolute Gasteiger partial charge is 0.387 e. The fourth-order valence-electron chi connectivity index (χ4n) is 3.20. The summed E-state index contributed by atoms with van der Waals surface area (Å²) >= 11 is 12.1. The zero-order valence-electron chi connectivity index (χ0n) is 14.9. The van der Waals surface area contributed by atoms with Crippen LogP contribution >= 0.6 is 23.2 Å². The molecule has 1 aromatic carbocycles. The van der Waals surface area contributed by atoms with Gasteiger partial charge in [-0.15, -0.1) is 0 Å². The molecule has 0 N–H and O–H groups in total. The maximum Gasteiger partial charge on any atom is 0.387 e. The maximum atomic E-state index is 12.8. The summed E-state index contributed by atoms with van der Waals surface area (Å²) in [6.07, 6.45) is 2.51. The fourth-order valence-corrected chi connectivity index (χ4v) is 3.77. The standard InChI is InChI=1S/C19H15Cl2F2NO5/c20-11-4-24-5-12(21)15(11)13(25)3-10-1-2-14(29-18(22)23)17-16(10)27-8-19(9-28-17)6-26-7-19/h1-2,4-5,18H,3,6-9H2. The van der Waals surface area contributed by atoms with Gasteiger partial charge in [-0.2, -0.15) is 8.78 Å². The SMILES string of the molecule is O=C(Cc1ccc(OC(F)F)c2c1OCC1(COC1)CO2)c1c(Cl)cncc1Cl. The van der Waals surface area contributed by atoms with E-state index >= 15 is 0 Å². The first-order valence-electron chi connectivity index (χ1n) is 8.65. The third kappa shape index (κ3) is 3.97. The highest BCUT2D eigenvalue weighted by Crippen LogP contribution is 2.46. The van der Waals surface area contributed by atoms with Gasteiger partial charge in [0.1, 0.15) is 13.2 Å². The van der Waals surface area contributed by atoms with E-state index in [1.807, 2.05) is 0 Å². The van der Waals surface area contributed by atoms with Crippen molar-refractivity contribution in [2.45, 2.75) is 13.0 Å². The van der Waals surface area contributed by atoms with Crippen molar-refractivity contribution in [1.82, 2.24) is 4.98 Å². The second-order valence-electron chi connectivity index (χ2n) is 6.91. The Morgan fingerprint density at radius 3 is 2.34 bits per heavy atom. The number of Topliss-reactive ketones (excluding diaryl/α,β-unsaturated/α-hetero) is 1. The number of ether oxygens (including phenoxy) is 4. The van der Waals surface area contributed by atoms with Crippen LogP contribution in [0.1, 0.15) is 15.9 Å². The van der Waals surface area contributed by atoms with Gasteiger partial charge in [0.15, 0.2) is 17.3 Å². The molecule has 154 valence electrons. The largest absolute Gasteiger partial charge is 0.488 e. The van der Waals surface area contributed by atoms with Gasteiger partial charge < -0.3 is 18.9 Å². The number of benzene rings is 1. The maximum absolute atomic E-state index is 12.8. The minimum absolute atomic E-state index is 0.0336. The predicted molar refractivity (Wildman–Crippen MR) is 99.6 cm³/mol. The minimum atomic E-state index is -3.03. The van der Waals surface area contributed by atoms with Crippen molar-refractivity contribution in [2.24, 2.45) is 5.41 Å². The van der Waals surface area contributed by atoms with Crippen LogP contribution in [0.25, 0.3) is 0 Å². The summed E-state index contributed by atoms with van der Waals surface area (Å²) < 4.78 is 47.1. The molecule has 1 saturated heterocycles. The summed E-state index contributed by atoms with van der Waals surface area (Å²) in [6.45, 7) is -1.69. The van der Waals surface area contributed by atoms with Crippen molar-refractivity contribution >= 4 is 29.0 Å². The molecule has 3 heterocycles. The first-order valence-corrected chi connectivity index (χ1v) is 9.40. The number of nitrogens with zero attached hydrogens (tertiary/aromatic N) is 1. The average molecular weight is 446 g/mol. The summed E-state index contributed by atoms with van der Waals surface area (Å²) in [6, 6.07) is 2.80. The number of hydrogen-bond donors (Lipinski definition) is 0. The van der Waals surface area contributed by atoms with E-state index in [1.165, 1.54) is 24.5 Å². The number of pyridine rings is 1. The van der Waals surface area contributed by atoms with Crippen LogP contribution in [0.5, 0.6) is 17.2 Å². The Bertz CT molecular complexity index is 932. The molecular formula is C19H15Cl2F2NO5. The Balaban J connectivity index is 1.68. The molecule has 1 spiro atoms. The monoisotopic (exact) mass is 445 g/mol.